The minimum Gasteiger partial charge on any atom is -0.478 e. The van der Waals surface area contributed by atoms with E-state index in [1.165, 1.54) is 121 Å². The molecule has 5 aromatic carbocycles. The molecule has 4 aliphatic rings. The van der Waals surface area contributed by atoms with Crippen molar-refractivity contribution in [1.29, 1.82) is 0 Å². The average molecular weight is 1620 g/mol. The Morgan fingerprint density at radius 3 is 0.829 bits per heavy atom. The van der Waals surface area contributed by atoms with Crippen LogP contribution in [-0.2, 0) is 60.9 Å². The molecule has 0 aromatic heterocycles. The van der Waals surface area contributed by atoms with Crippen molar-refractivity contribution < 1.29 is 77.3 Å². The summed E-state index contributed by atoms with van der Waals surface area (Å²) in [5, 5.41) is 18.0. The molecule has 4 saturated heterocycles. The Kier molecular flexibility index (Phi) is 34.2. The molecule has 25 heteroatoms. The number of esters is 1. The third kappa shape index (κ3) is 26.9. The van der Waals surface area contributed by atoms with Gasteiger partial charge in [0.2, 0.25) is 40.1 Å². The van der Waals surface area contributed by atoms with Crippen LogP contribution in [0.5, 0.6) is 0 Å². The molecule has 0 radical (unpaired) electrons. The van der Waals surface area contributed by atoms with Gasteiger partial charge in [0.15, 0.2) is 5.78 Å². The molecule has 0 atom stereocenters. The highest BCUT2D eigenvalue weighted by atomic mass is 32.2. The maximum atomic E-state index is 13.5. The average Bonchev–Trinajstić information content (AvgIpc) is 1.66. The van der Waals surface area contributed by atoms with Crippen LogP contribution < -0.4 is 0 Å². The number of carbonyl (C=O) groups excluding carboxylic acids is 2. The van der Waals surface area contributed by atoms with E-state index >= 15 is 0 Å². The number of carboxylic acid groups (broad SMARTS) is 2. The van der Waals surface area contributed by atoms with Gasteiger partial charge in [-0.15, -0.1) is 12.8 Å². The van der Waals surface area contributed by atoms with Gasteiger partial charge in [-0.3, -0.25) is 4.79 Å². The molecule has 117 heavy (non-hydrogen) atoms. The maximum Gasteiger partial charge on any atom is 0.338 e. The molecule has 0 saturated carbocycles. The molecule has 4 heterocycles. The van der Waals surface area contributed by atoms with E-state index in [9.17, 15) is 52.8 Å². The lowest BCUT2D eigenvalue weighted by Gasteiger charge is -2.42. The van der Waals surface area contributed by atoms with Crippen LogP contribution in [0.3, 0.4) is 0 Å². The Morgan fingerprint density at radius 2 is 0.581 bits per heavy atom. The first-order valence-electron chi connectivity index (χ1n) is 33.8. The van der Waals surface area contributed by atoms with Gasteiger partial charge in [0.1, 0.15) is 18.1 Å². The van der Waals surface area contributed by atoms with Crippen LogP contribution in [0.1, 0.15) is 79.6 Å². The minimum absolute atomic E-state index is 0.00693. The molecule has 4 fully saturated rings. The maximum absolute atomic E-state index is 13.5. The van der Waals surface area contributed by atoms with Crippen molar-refractivity contribution in [1.82, 2.24) is 17.2 Å². The number of ketones is 1. The topological polar surface area (TPSA) is 286 Å². The fourth-order valence-electron chi connectivity index (χ4n) is 10.5. The molecule has 0 amide bonds. The fraction of sp³-hybridized carbons (Fsp3) is 0.174. The first-order valence-corrected chi connectivity index (χ1v) is 39.5. The number of carbonyl (C=O) groups is 4. The van der Waals surface area contributed by atoms with E-state index in [0.29, 0.717) is 5.56 Å². The van der Waals surface area contributed by atoms with Crippen molar-refractivity contribution >= 4 is 63.8 Å². The normalized spacial score (nSPS) is 13.3. The summed E-state index contributed by atoms with van der Waals surface area (Å²) in [6.45, 7) is 2.21. The van der Waals surface area contributed by atoms with Gasteiger partial charge in [-0.1, -0.05) is 42.5 Å². The van der Waals surface area contributed by atoms with Gasteiger partial charge >= 0.3 is 17.9 Å². The Morgan fingerprint density at radius 1 is 0.342 bits per heavy atom. The summed E-state index contributed by atoms with van der Waals surface area (Å²) in [5.74, 6) is 95.1. The Bertz CT molecular complexity index is 6520. The SMILES string of the molecule is C#CC#CC#CC#CC#CC#CC#CC#CC#CC#CC#CC#CC#CC#CC#CC#CC#CC#CC#CC#CC#C.CC(=O)c1ccc(S(=O)(=O)N2CCOC23CCN(S(=O)(=O)c2ccc(C(=O)OCc4ccccc4)cc2)CC3)cc1.O=C(O)c1ccc(S(=O)(=O)N2CCC3(CC2)OCCN3S(=O)(=O)c2ccc(C(=O)O)cc2)cc1. The second-order valence-corrected chi connectivity index (χ2v) is 30.5. The molecule has 5 aromatic rings. The van der Waals surface area contributed by atoms with Crippen LogP contribution >= 0.6 is 0 Å². The van der Waals surface area contributed by atoms with Gasteiger partial charge in [0.05, 0.1) is 49.5 Å². The number of aromatic carboxylic acids is 2. The van der Waals surface area contributed by atoms with Crippen molar-refractivity contribution in [2.24, 2.45) is 0 Å². The summed E-state index contributed by atoms with van der Waals surface area (Å²) in [4.78, 5) is 46.0. The molecule has 9 rings (SSSR count). The highest BCUT2D eigenvalue weighted by Gasteiger charge is 2.53. The van der Waals surface area contributed by atoms with E-state index in [1.807, 2.05) is 30.3 Å². The first kappa shape index (κ1) is 88.7. The van der Waals surface area contributed by atoms with Crippen molar-refractivity contribution in [2.75, 3.05) is 52.5 Å². The molecule has 568 valence electrons. The van der Waals surface area contributed by atoms with Gasteiger partial charge < -0.3 is 24.4 Å². The number of benzene rings is 5. The molecular weight excluding hydrogens is 1560 g/mol. The Balaban J connectivity index is 0.000000244. The standard InChI is InChI=1S/C42H2.C29H30N2O8S2.C21H22N2O9S2/c1-3-5-7-9-11-13-15-17-19-21-23-25-27-29-31-33-35-37-39-41-42-40-38-36-34-32-30-28-26-24-22-20-18-16-14-12-10-8-6-4-2;1-22(32)24-7-11-27(12-8-24)41(36,37)31-19-20-39-29(31)15-17-30(18-16-29)40(34,35)26-13-9-25(10-14-26)28(33)38-21-23-5-3-2-4-6-23;24-19(25)15-1-5-17(6-2-15)33(28,29)22-11-9-21(10-12-22)23(13-14-32-21)34(30,31)18-7-3-16(4-8-18)20(26)27/h1-2H;2-14H,15-21H2,1H3;1-8H,9-14H2,(H,24,25)(H,26,27). The smallest absolute Gasteiger partial charge is 0.338 e. The van der Waals surface area contributed by atoms with E-state index in [2.05, 4.69) is 237 Å². The molecule has 2 spiro atoms. The van der Waals surface area contributed by atoms with E-state index < -0.39 is 69.5 Å². The number of piperidine rings is 2. The number of terminal acetylenes is 2. The zero-order valence-corrected chi connectivity index (χ0v) is 64.7. The van der Waals surface area contributed by atoms with E-state index in [4.69, 9.17) is 37.3 Å². The van der Waals surface area contributed by atoms with Crippen molar-refractivity contribution in [3.63, 3.8) is 0 Å². The number of rotatable bonds is 14. The Hall–Kier alpha value is -15.5. The number of nitrogens with zero attached hydrogens (tertiary/aromatic N) is 4. The lowest BCUT2D eigenvalue weighted by molar-refractivity contribution is -0.0810. The number of carboxylic acids is 2. The quantitative estimate of drug-likeness (QED) is 0.0835. The predicted molar refractivity (Wildman–Crippen MR) is 432 cm³/mol. The van der Waals surface area contributed by atoms with Crippen molar-refractivity contribution in [2.45, 2.75) is 70.2 Å². The van der Waals surface area contributed by atoms with Crippen LogP contribution in [0.4, 0.5) is 0 Å². The Labute approximate surface area is 681 Å². The monoisotopic (exact) mass is 1610 g/mol. The highest BCUT2D eigenvalue weighted by Crippen LogP contribution is 2.41. The number of Topliss-reactive ketones (excluding diaryl/α,β-unsaturated/α-hetero) is 1. The van der Waals surface area contributed by atoms with Gasteiger partial charge in [-0.2, -0.15) is 17.2 Å². The zero-order valence-electron chi connectivity index (χ0n) is 61.4. The van der Waals surface area contributed by atoms with E-state index in [0.717, 1.165) is 5.56 Å². The summed E-state index contributed by atoms with van der Waals surface area (Å²) in [6.07, 6.45) is 10.4. The molecule has 0 aliphatic carbocycles. The molecular formula is C92H54N4O17S4. The fourth-order valence-corrected chi connectivity index (χ4v) is 16.9. The third-order valence-electron chi connectivity index (χ3n) is 15.9. The second kappa shape index (κ2) is 45.1. The second-order valence-electron chi connectivity index (χ2n) is 22.9. The number of sulfonamides is 4. The van der Waals surface area contributed by atoms with Gasteiger partial charge in [0.25, 0.3) is 0 Å². The van der Waals surface area contributed by atoms with Crippen LogP contribution in [0.15, 0.2) is 147 Å². The lowest BCUT2D eigenvalue weighted by atomic mass is 10.0. The molecule has 0 bridgehead atoms. The summed E-state index contributed by atoms with van der Waals surface area (Å²) in [5.41, 5.74) is -0.957. The number of ether oxygens (including phenoxy) is 3. The summed E-state index contributed by atoms with van der Waals surface area (Å²) in [6, 6.07) is 30.3. The first-order chi connectivity index (χ1) is 56.4. The molecule has 2 N–H and O–H groups in total. The molecule has 4 aliphatic heterocycles. The molecule has 21 nitrogen and oxygen atoms in total. The van der Waals surface area contributed by atoms with Crippen LogP contribution in [-0.4, -0.2) is 149 Å². The summed E-state index contributed by atoms with van der Waals surface area (Å²) in [7, 11) is -15.8. The van der Waals surface area contributed by atoms with E-state index in [-0.39, 0.29) is 127 Å². The van der Waals surface area contributed by atoms with Gasteiger partial charge in [-0.05, 0) is 192 Å². The van der Waals surface area contributed by atoms with E-state index in [1.54, 1.807) is 0 Å². The van der Waals surface area contributed by atoms with Crippen LogP contribution in [0.2, 0.25) is 0 Å². The number of hydrogen-bond donors (Lipinski definition) is 2. The summed E-state index contributed by atoms with van der Waals surface area (Å²) < 4.78 is 129. The summed E-state index contributed by atoms with van der Waals surface area (Å²) >= 11 is 0. The predicted octanol–water partition coefficient (Wildman–Crippen LogP) is 5.05. The van der Waals surface area contributed by atoms with Gasteiger partial charge in [0, 0.05) is 213 Å². The van der Waals surface area contributed by atoms with Gasteiger partial charge in [-0.25, -0.2) is 48.1 Å². The van der Waals surface area contributed by atoms with Crippen LogP contribution in [0, 0.1) is 250 Å². The number of hydrogen-bond acceptors (Lipinski definition) is 15. The minimum atomic E-state index is -4.02. The van der Waals surface area contributed by atoms with Crippen molar-refractivity contribution in [3.8, 4) is 250 Å². The van der Waals surface area contributed by atoms with Crippen molar-refractivity contribution in [3.05, 3.63) is 155 Å². The third-order valence-corrected chi connectivity index (χ3v) is 23.7. The molecule has 0 unspecified atom stereocenters. The zero-order chi connectivity index (χ0) is 84.3. The highest BCUT2D eigenvalue weighted by molar-refractivity contribution is 7.90. The largest absolute Gasteiger partial charge is 0.478 e. The van der Waals surface area contributed by atoms with Crippen LogP contribution in [0.25, 0.3) is 0 Å². The lowest BCUT2D eigenvalue weighted by Crippen LogP contribution is -2.55.